The number of aromatic nitrogens is 1. The van der Waals surface area contributed by atoms with Crippen LogP contribution < -0.4 is 0 Å². The molecule has 0 aromatic carbocycles. The summed E-state index contributed by atoms with van der Waals surface area (Å²) in [4.78, 5) is 30.0. The highest BCUT2D eigenvalue weighted by Crippen LogP contribution is 2.66. The Morgan fingerprint density at radius 3 is 2.53 bits per heavy atom. The molecule has 0 amide bonds. The van der Waals surface area contributed by atoms with Crippen molar-refractivity contribution in [2.45, 2.75) is 46.5 Å². The van der Waals surface area contributed by atoms with Crippen molar-refractivity contribution in [1.29, 1.82) is 0 Å². The van der Waals surface area contributed by atoms with Crippen LogP contribution in [0.2, 0.25) is 0 Å². The molecular formula is C24H25NO4S. The van der Waals surface area contributed by atoms with Gasteiger partial charge in [0.25, 0.3) is 0 Å². The van der Waals surface area contributed by atoms with Crippen molar-refractivity contribution in [3.63, 3.8) is 0 Å². The highest BCUT2D eigenvalue weighted by molar-refractivity contribution is 7.10. The van der Waals surface area contributed by atoms with Gasteiger partial charge in [0.1, 0.15) is 0 Å². The second-order valence-corrected chi connectivity index (χ2v) is 10.2. The van der Waals surface area contributed by atoms with Crippen molar-refractivity contribution in [1.82, 2.24) is 4.98 Å². The molecule has 1 heterocycles. The highest BCUT2D eigenvalue weighted by atomic mass is 32.1. The normalized spacial score (nSPS) is 35.3. The van der Waals surface area contributed by atoms with E-state index in [1.165, 1.54) is 11.3 Å². The van der Waals surface area contributed by atoms with Gasteiger partial charge < -0.3 is 10.2 Å². The third kappa shape index (κ3) is 2.87. The van der Waals surface area contributed by atoms with Gasteiger partial charge in [-0.05, 0) is 54.6 Å². The molecule has 3 aliphatic rings. The number of nitrogens with zero attached hydrogens (tertiary/aromatic N) is 1. The van der Waals surface area contributed by atoms with Crippen LogP contribution in [-0.4, -0.2) is 26.8 Å². The molecule has 156 valence electrons. The van der Waals surface area contributed by atoms with Crippen molar-refractivity contribution in [3.8, 4) is 11.8 Å². The number of Topliss-reactive ketones (excluding diaryl/α,β-unsaturated/α-hetero) is 1. The zero-order chi connectivity index (χ0) is 21.7. The zero-order valence-corrected chi connectivity index (χ0v) is 18.2. The minimum atomic E-state index is -0.659. The maximum atomic E-state index is 13.0. The van der Waals surface area contributed by atoms with Gasteiger partial charge in [0.15, 0.2) is 16.6 Å². The second kappa shape index (κ2) is 6.95. The van der Waals surface area contributed by atoms with E-state index in [1.54, 1.807) is 12.3 Å². The van der Waals surface area contributed by atoms with Gasteiger partial charge in [-0.25, -0.2) is 4.98 Å². The summed E-state index contributed by atoms with van der Waals surface area (Å²) < 4.78 is 0. The van der Waals surface area contributed by atoms with Crippen molar-refractivity contribution in [2.24, 2.45) is 22.2 Å². The largest absolute Gasteiger partial charge is 0.515 e. The van der Waals surface area contributed by atoms with Crippen molar-refractivity contribution < 1.29 is 19.8 Å². The van der Waals surface area contributed by atoms with E-state index in [0.29, 0.717) is 35.4 Å². The topological polar surface area (TPSA) is 87.5 Å². The summed E-state index contributed by atoms with van der Waals surface area (Å²) in [5.74, 6) is 6.36. The van der Waals surface area contributed by atoms with E-state index in [0.717, 1.165) is 24.5 Å². The summed E-state index contributed by atoms with van der Waals surface area (Å²) >= 11 is 1.46. The molecule has 5 nitrogen and oxygen atoms in total. The Morgan fingerprint density at radius 2 is 1.90 bits per heavy atom. The fourth-order valence-electron chi connectivity index (χ4n) is 5.97. The van der Waals surface area contributed by atoms with Crippen LogP contribution in [0.15, 0.2) is 46.9 Å². The molecule has 3 atom stereocenters. The highest BCUT2D eigenvalue weighted by Gasteiger charge is 2.61. The number of hydrogen-bond donors (Lipinski definition) is 2. The molecule has 2 N–H and O–H groups in total. The Labute approximate surface area is 180 Å². The fourth-order valence-corrected chi connectivity index (χ4v) is 6.45. The number of carbonyl (C=O) groups is 2. The molecule has 0 radical (unpaired) electrons. The van der Waals surface area contributed by atoms with E-state index in [9.17, 15) is 19.8 Å². The van der Waals surface area contributed by atoms with E-state index < -0.39 is 16.2 Å². The maximum Gasteiger partial charge on any atom is 0.184 e. The van der Waals surface area contributed by atoms with E-state index >= 15 is 0 Å². The number of ketones is 2. The number of rotatable bonds is 0. The minimum absolute atomic E-state index is 0.0229. The van der Waals surface area contributed by atoms with Crippen LogP contribution in [0.3, 0.4) is 0 Å². The smallest absolute Gasteiger partial charge is 0.184 e. The Hall–Kier alpha value is -2.65. The summed E-state index contributed by atoms with van der Waals surface area (Å²) in [6, 6.07) is 0. The molecule has 1 aromatic heterocycles. The van der Waals surface area contributed by atoms with Crippen LogP contribution in [0.25, 0.3) is 0 Å². The molecule has 1 aromatic rings. The Balaban J connectivity index is 1.91. The first kappa shape index (κ1) is 20.6. The van der Waals surface area contributed by atoms with Crippen LogP contribution in [-0.2, 0) is 9.59 Å². The van der Waals surface area contributed by atoms with Gasteiger partial charge in [-0.1, -0.05) is 26.7 Å². The van der Waals surface area contributed by atoms with Crippen LogP contribution in [0, 0.1) is 34.0 Å². The second-order valence-electron chi connectivity index (χ2n) is 9.31. The lowest BCUT2D eigenvalue weighted by Gasteiger charge is -2.59. The summed E-state index contributed by atoms with van der Waals surface area (Å²) in [5.41, 5.74) is -0.133. The molecule has 30 heavy (non-hydrogen) atoms. The Morgan fingerprint density at radius 1 is 1.17 bits per heavy atom. The van der Waals surface area contributed by atoms with E-state index in [4.69, 9.17) is 0 Å². The molecule has 0 spiro atoms. The van der Waals surface area contributed by atoms with E-state index in [1.807, 2.05) is 19.2 Å². The van der Waals surface area contributed by atoms with Gasteiger partial charge in [0.2, 0.25) is 0 Å². The summed E-state index contributed by atoms with van der Waals surface area (Å²) in [6.45, 7) is 5.94. The van der Waals surface area contributed by atoms with E-state index in [-0.39, 0.29) is 17.5 Å². The van der Waals surface area contributed by atoms with Crippen LogP contribution in [0.5, 0.6) is 0 Å². The summed E-state index contributed by atoms with van der Waals surface area (Å²) in [6.07, 6.45) is 7.31. The summed E-state index contributed by atoms with van der Waals surface area (Å²) in [7, 11) is 0. The predicted octanol–water partition coefficient (Wildman–Crippen LogP) is 4.68. The first-order chi connectivity index (χ1) is 14.2. The molecule has 0 saturated heterocycles. The molecule has 0 aliphatic heterocycles. The number of hydrogen-bond acceptors (Lipinski definition) is 6. The molecular weight excluding hydrogens is 398 g/mol. The molecule has 3 aliphatic carbocycles. The van der Waals surface area contributed by atoms with Crippen molar-refractivity contribution in [3.05, 3.63) is 51.9 Å². The average molecular weight is 424 g/mol. The third-order valence-corrected chi connectivity index (χ3v) is 7.99. The van der Waals surface area contributed by atoms with Crippen molar-refractivity contribution in [2.75, 3.05) is 0 Å². The number of aliphatic hydroxyl groups is 2. The standard InChI is InChI=1S/C24H25NO4S/c1-22(2)18-4-6-24(7-5-20-25-8-9-30-20)12-15(13-26)17(28)10-19(24)23(18,3)11-16(14-27)21(22)29/h8-10,13-14,18,26-27H,4,6,11-12H2,1-3H3/b15-13+,16-14-/t18-,23-,24+/m0/s1. The predicted molar refractivity (Wildman–Crippen MR) is 115 cm³/mol. The SMILES string of the molecule is CC1(C)C(=O)/C(=C\O)C[C@]2(C)C3=CC(=O)/C(=C/O)C[C@]3(C#Cc3nccs3)CC[C@@H]12. The minimum Gasteiger partial charge on any atom is -0.515 e. The first-order valence-electron chi connectivity index (χ1n) is 10.1. The van der Waals surface area contributed by atoms with E-state index in [2.05, 4.69) is 23.7 Å². The molecule has 0 unspecified atom stereocenters. The van der Waals surface area contributed by atoms with Gasteiger partial charge in [0, 0.05) is 28.1 Å². The Bertz CT molecular complexity index is 1070. The quantitative estimate of drug-likeness (QED) is 0.359. The molecule has 0 bridgehead atoms. The van der Waals surface area contributed by atoms with Gasteiger partial charge in [0.05, 0.1) is 17.9 Å². The molecule has 2 saturated carbocycles. The van der Waals surface area contributed by atoms with Gasteiger partial charge in [-0.2, -0.15) is 0 Å². The number of aliphatic hydroxyl groups excluding tert-OH is 2. The lowest BCUT2D eigenvalue weighted by atomic mass is 9.43. The van der Waals surface area contributed by atoms with Gasteiger partial charge >= 0.3 is 0 Å². The number of thiazole rings is 1. The number of allylic oxidation sites excluding steroid dienone is 4. The van der Waals surface area contributed by atoms with Crippen molar-refractivity contribution >= 4 is 22.9 Å². The maximum absolute atomic E-state index is 13.0. The van der Waals surface area contributed by atoms with Gasteiger partial charge in [-0.15, -0.1) is 11.3 Å². The Kier molecular flexibility index (Phi) is 4.78. The lowest BCUT2D eigenvalue weighted by Crippen LogP contribution is -2.55. The molecule has 2 fully saturated rings. The zero-order valence-electron chi connectivity index (χ0n) is 17.4. The monoisotopic (exact) mass is 423 g/mol. The number of fused-ring (bicyclic) bond motifs is 3. The lowest BCUT2D eigenvalue weighted by molar-refractivity contribution is -0.134. The fraction of sp³-hybridized carbons (Fsp3) is 0.458. The third-order valence-electron chi connectivity index (χ3n) is 7.30. The molecule has 6 heteroatoms. The first-order valence-corrected chi connectivity index (χ1v) is 11.0. The van der Waals surface area contributed by atoms with Crippen LogP contribution in [0.4, 0.5) is 0 Å². The average Bonchev–Trinajstić information content (AvgIpc) is 3.23. The molecule has 4 rings (SSSR count). The summed E-state index contributed by atoms with van der Waals surface area (Å²) in [5, 5.41) is 22.0. The van der Waals surface area contributed by atoms with Crippen LogP contribution in [0.1, 0.15) is 51.5 Å². The van der Waals surface area contributed by atoms with Crippen LogP contribution >= 0.6 is 11.3 Å². The number of carbonyl (C=O) groups excluding carboxylic acids is 2. The van der Waals surface area contributed by atoms with Gasteiger partial charge in [-0.3, -0.25) is 9.59 Å².